The smallest absolute Gasteiger partial charge is 0.184 e. The highest BCUT2D eigenvalue weighted by molar-refractivity contribution is 6.69. The van der Waals surface area contributed by atoms with Gasteiger partial charge in [-0.1, -0.05) is 19.9 Å². The minimum absolute atomic E-state index is 0.00687. The molecule has 0 saturated heterocycles. The number of ether oxygens (including phenoxy) is 1. The lowest BCUT2D eigenvalue weighted by Crippen LogP contribution is -2.41. The highest BCUT2D eigenvalue weighted by atomic mass is 28.4. The van der Waals surface area contributed by atoms with Crippen molar-refractivity contribution in [3.63, 3.8) is 0 Å². The first kappa shape index (κ1) is 15.9. The molecule has 0 unspecified atom stereocenters. The zero-order valence-corrected chi connectivity index (χ0v) is 13.0. The molecule has 0 saturated carbocycles. The van der Waals surface area contributed by atoms with E-state index in [9.17, 15) is 0 Å². The third-order valence-corrected chi connectivity index (χ3v) is 3.79. The second-order valence-electron chi connectivity index (χ2n) is 6.03. The van der Waals surface area contributed by atoms with Crippen LogP contribution >= 0.6 is 0 Å². The van der Waals surface area contributed by atoms with E-state index in [4.69, 9.17) is 9.16 Å². The van der Waals surface area contributed by atoms with Crippen molar-refractivity contribution in [1.29, 1.82) is 0 Å². The van der Waals surface area contributed by atoms with Crippen LogP contribution in [-0.4, -0.2) is 27.6 Å². The van der Waals surface area contributed by atoms with Gasteiger partial charge in [-0.2, -0.15) is 0 Å². The molecule has 0 rings (SSSR count). The lowest BCUT2D eigenvalue weighted by molar-refractivity contribution is 0.0249. The van der Waals surface area contributed by atoms with E-state index in [0.717, 1.165) is 6.42 Å². The van der Waals surface area contributed by atoms with Gasteiger partial charge in [-0.3, -0.25) is 0 Å². The fourth-order valence-corrected chi connectivity index (χ4v) is 2.71. The molecule has 16 heavy (non-hydrogen) atoms. The number of methoxy groups -OCH3 is 1. The van der Waals surface area contributed by atoms with Gasteiger partial charge >= 0.3 is 0 Å². The maximum atomic E-state index is 6.25. The summed E-state index contributed by atoms with van der Waals surface area (Å²) >= 11 is 0. The van der Waals surface area contributed by atoms with Gasteiger partial charge in [0, 0.05) is 12.5 Å². The van der Waals surface area contributed by atoms with E-state index < -0.39 is 8.32 Å². The first-order valence-corrected chi connectivity index (χ1v) is 9.37. The Balaban J connectivity index is 4.70. The summed E-state index contributed by atoms with van der Waals surface area (Å²) in [6.45, 7) is 17.0. The van der Waals surface area contributed by atoms with Crippen LogP contribution in [0.5, 0.6) is 0 Å². The van der Waals surface area contributed by atoms with Gasteiger partial charge in [0.1, 0.15) is 0 Å². The van der Waals surface area contributed by atoms with Gasteiger partial charge in [0.25, 0.3) is 0 Å². The van der Waals surface area contributed by atoms with Crippen molar-refractivity contribution in [3.8, 4) is 0 Å². The van der Waals surface area contributed by atoms with E-state index in [0.29, 0.717) is 0 Å². The van der Waals surface area contributed by atoms with Gasteiger partial charge in [0.15, 0.2) is 8.32 Å². The lowest BCUT2D eigenvalue weighted by Gasteiger charge is -2.37. The molecule has 0 fully saturated rings. The number of rotatable bonds is 7. The van der Waals surface area contributed by atoms with Gasteiger partial charge in [-0.15, -0.1) is 6.58 Å². The van der Waals surface area contributed by atoms with Crippen molar-refractivity contribution in [2.45, 2.75) is 59.0 Å². The third kappa shape index (κ3) is 5.82. The Morgan fingerprint density at radius 2 is 1.81 bits per heavy atom. The van der Waals surface area contributed by atoms with Crippen LogP contribution in [0.1, 0.15) is 27.2 Å². The summed E-state index contributed by atoms with van der Waals surface area (Å²) in [6, 6.07) is 0. The molecule has 0 aromatic carbocycles. The Labute approximate surface area is 102 Å². The molecule has 0 amide bonds. The fraction of sp³-hybridized carbons (Fsp3) is 0.846. The van der Waals surface area contributed by atoms with Gasteiger partial charge in [0.2, 0.25) is 0 Å². The third-order valence-electron chi connectivity index (χ3n) is 2.80. The molecule has 0 spiro atoms. The predicted molar refractivity (Wildman–Crippen MR) is 73.3 cm³/mol. The Bertz CT molecular complexity index is 218. The molecule has 0 heterocycles. The first-order chi connectivity index (χ1) is 7.12. The minimum atomic E-state index is -1.53. The van der Waals surface area contributed by atoms with Crippen LogP contribution in [0.15, 0.2) is 12.7 Å². The Morgan fingerprint density at radius 3 is 2.12 bits per heavy atom. The largest absolute Gasteiger partial charge is 0.414 e. The van der Waals surface area contributed by atoms with E-state index in [2.05, 4.69) is 47.0 Å². The van der Waals surface area contributed by atoms with Gasteiger partial charge < -0.3 is 9.16 Å². The van der Waals surface area contributed by atoms with E-state index >= 15 is 0 Å². The number of hydrogen-bond acceptors (Lipinski definition) is 2. The Morgan fingerprint density at radius 1 is 1.31 bits per heavy atom. The Hall–Kier alpha value is -0.123. The second kappa shape index (κ2) is 5.99. The molecule has 0 aliphatic heterocycles. The molecule has 0 N–H and O–H groups in total. The summed E-state index contributed by atoms with van der Waals surface area (Å²) in [5.74, 6) is 0. The van der Waals surface area contributed by atoms with Crippen LogP contribution in [0.4, 0.5) is 0 Å². The summed E-state index contributed by atoms with van der Waals surface area (Å²) in [5.41, 5.74) is -0.00687. The average molecular weight is 244 g/mol. The fourth-order valence-electron chi connectivity index (χ4n) is 1.46. The van der Waals surface area contributed by atoms with Crippen molar-refractivity contribution >= 4 is 8.32 Å². The van der Waals surface area contributed by atoms with Crippen molar-refractivity contribution in [3.05, 3.63) is 12.7 Å². The van der Waals surface area contributed by atoms with Crippen LogP contribution in [0, 0.1) is 5.41 Å². The van der Waals surface area contributed by atoms with Crippen LogP contribution in [0.25, 0.3) is 0 Å². The van der Waals surface area contributed by atoms with Gasteiger partial charge in [-0.05, 0) is 33.0 Å². The van der Waals surface area contributed by atoms with Crippen molar-refractivity contribution in [2.24, 2.45) is 5.41 Å². The predicted octanol–water partition coefficient (Wildman–Crippen LogP) is 3.84. The number of hydrogen-bond donors (Lipinski definition) is 0. The second-order valence-corrected chi connectivity index (χ2v) is 10.5. The molecule has 0 aliphatic rings. The van der Waals surface area contributed by atoms with Crippen LogP contribution in [0.3, 0.4) is 0 Å². The average Bonchev–Trinajstić information content (AvgIpc) is 2.14. The zero-order valence-electron chi connectivity index (χ0n) is 12.0. The highest BCUT2D eigenvalue weighted by Crippen LogP contribution is 2.30. The molecular weight excluding hydrogens is 216 g/mol. The normalized spacial score (nSPS) is 16.9. The van der Waals surface area contributed by atoms with Gasteiger partial charge in [0.05, 0.1) is 12.2 Å². The van der Waals surface area contributed by atoms with E-state index in [-0.39, 0.29) is 17.6 Å². The van der Waals surface area contributed by atoms with Crippen molar-refractivity contribution in [2.75, 3.05) is 7.11 Å². The SMILES string of the molecule is C=CC(C)(C)[C@@H](C[C@@H](C)OC)O[Si](C)(C)C. The topological polar surface area (TPSA) is 18.5 Å². The summed E-state index contributed by atoms with van der Waals surface area (Å²) in [7, 11) is 0.218. The highest BCUT2D eigenvalue weighted by Gasteiger charge is 2.32. The molecule has 0 aromatic heterocycles. The molecule has 0 aromatic rings. The first-order valence-electron chi connectivity index (χ1n) is 5.96. The molecule has 2 atom stereocenters. The van der Waals surface area contributed by atoms with Gasteiger partial charge in [-0.25, -0.2) is 0 Å². The molecular formula is C13H28O2Si. The molecule has 96 valence electrons. The van der Waals surface area contributed by atoms with E-state index in [1.54, 1.807) is 7.11 Å². The van der Waals surface area contributed by atoms with Crippen LogP contribution < -0.4 is 0 Å². The molecule has 0 radical (unpaired) electrons. The standard InChI is InChI=1S/C13H28O2Si/c1-9-13(3,4)12(10-11(2)14-5)15-16(6,7)8/h9,11-12H,1,10H2,2-8H3/t11-,12-/m1/s1. The van der Waals surface area contributed by atoms with Crippen molar-refractivity contribution < 1.29 is 9.16 Å². The monoisotopic (exact) mass is 244 g/mol. The van der Waals surface area contributed by atoms with Crippen LogP contribution in [-0.2, 0) is 9.16 Å². The molecule has 2 nitrogen and oxygen atoms in total. The summed E-state index contributed by atoms with van der Waals surface area (Å²) in [4.78, 5) is 0. The van der Waals surface area contributed by atoms with E-state index in [1.165, 1.54) is 0 Å². The van der Waals surface area contributed by atoms with E-state index in [1.807, 2.05) is 6.08 Å². The molecule has 3 heteroatoms. The summed E-state index contributed by atoms with van der Waals surface area (Å²) in [6.07, 6.45) is 3.31. The quantitative estimate of drug-likeness (QED) is 0.500. The summed E-state index contributed by atoms with van der Waals surface area (Å²) in [5, 5.41) is 0. The Kier molecular flexibility index (Phi) is 5.94. The lowest BCUT2D eigenvalue weighted by atomic mass is 9.84. The minimum Gasteiger partial charge on any atom is -0.414 e. The maximum absolute atomic E-state index is 6.25. The summed E-state index contributed by atoms with van der Waals surface area (Å²) < 4.78 is 11.6. The van der Waals surface area contributed by atoms with Crippen molar-refractivity contribution in [1.82, 2.24) is 0 Å². The molecule has 0 bridgehead atoms. The van der Waals surface area contributed by atoms with Crippen LogP contribution in [0.2, 0.25) is 19.6 Å². The zero-order chi connectivity index (χ0) is 13.0. The maximum Gasteiger partial charge on any atom is 0.184 e. The molecule has 0 aliphatic carbocycles.